The predicted molar refractivity (Wildman–Crippen MR) is 67.6 cm³/mol. The summed E-state index contributed by atoms with van der Waals surface area (Å²) in [6, 6.07) is 22.5. The third-order valence-electron chi connectivity index (χ3n) is 3.30. The van der Waals surface area contributed by atoms with Crippen LogP contribution in [0.1, 0.15) is 18.5 Å². The van der Waals surface area contributed by atoms with E-state index >= 15 is 0 Å². The molecule has 3 rings (SSSR count). The zero-order chi connectivity index (χ0) is 11.0. The smallest absolute Gasteiger partial charge is 0.0747 e. The Morgan fingerprint density at radius 1 is 0.812 bits per heavy atom. The fourth-order valence-corrected chi connectivity index (χ4v) is 2.43. The molecule has 1 heterocycles. The standard InChI is InChI=1S/C15H15N/c1-12-15(13-8-4-2-5-9-13)16(12)14-10-6-3-7-11-14/h2-12,15H,1H3. The maximum atomic E-state index is 2.45. The third-order valence-corrected chi connectivity index (χ3v) is 3.30. The Balaban J connectivity index is 1.87. The minimum absolute atomic E-state index is 0.559. The van der Waals surface area contributed by atoms with Crippen molar-refractivity contribution in [2.24, 2.45) is 0 Å². The van der Waals surface area contributed by atoms with Gasteiger partial charge < -0.3 is 4.90 Å². The van der Waals surface area contributed by atoms with Crippen molar-refractivity contribution < 1.29 is 0 Å². The minimum atomic E-state index is 0.559. The van der Waals surface area contributed by atoms with Crippen molar-refractivity contribution >= 4 is 5.69 Å². The third kappa shape index (κ3) is 1.49. The number of anilines is 1. The lowest BCUT2D eigenvalue weighted by atomic mass is 10.1. The normalized spacial score (nSPS) is 23.2. The monoisotopic (exact) mass is 209 g/mol. The van der Waals surface area contributed by atoms with Crippen LogP contribution in [0.3, 0.4) is 0 Å². The molecule has 0 aliphatic carbocycles. The molecule has 2 aromatic rings. The van der Waals surface area contributed by atoms with E-state index in [2.05, 4.69) is 72.5 Å². The number of nitrogens with zero attached hydrogens (tertiary/aromatic N) is 1. The molecule has 0 spiro atoms. The van der Waals surface area contributed by atoms with Crippen LogP contribution in [0.15, 0.2) is 60.7 Å². The molecule has 1 aliphatic rings. The first kappa shape index (κ1) is 9.46. The summed E-state index contributed by atoms with van der Waals surface area (Å²) in [5.41, 5.74) is 2.74. The van der Waals surface area contributed by atoms with Gasteiger partial charge in [-0.25, -0.2) is 0 Å². The van der Waals surface area contributed by atoms with E-state index in [1.54, 1.807) is 0 Å². The highest BCUT2D eigenvalue weighted by molar-refractivity contribution is 5.58. The van der Waals surface area contributed by atoms with E-state index in [4.69, 9.17) is 0 Å². The van der Waals surface area contributed by atoms with Gasteiger partial charge in [0.15, 0.2) is 0 Å². The van der Waals surface area contributed by atoms with Crippen LogP contribution in [0.25, 0.3) is 0 Å². The molecular weight excluding hydrogens is 194 g/mol. The lowest BCUT2D eigenvalue weighted by Crippen LogP contribution is -1.95. The zero-order valence-electron chi connectivity index (χ0n) is 9.38. The average Bonchev–Trinajstić information content (AvgIpc) is 3.03. The lowest BCUT2D eigenvalue weighted by Gasteiger charge is -2.05. The summed E-state index contributed by atoms with van der Waals surface area (Å²) in [5, 5.41) is 0. The fraction of sp³-hybridized carbons (Fsp3) is 0.200. The van der Waals surface area contributed by atoms with Crippen LogP contribution < -0.4 is 4.90 Å². The molecule has 80 valence electrons. The highest BCUT2D eigenvalue weighted by Gasteiger charge is 2.44. The van der Waals surface area contributed by atoms with E-state index in [9.17, 15) is 0 Å². The van der Waals surface area contributed by atoms with E-state index in [0.717, 1.165) is 0 Å². The van der Waals surface area contributed by atoms with E-state index in [1.165, 1.54) is 11.3 Å². The molecule has 0 aromatic heterocycles. The van der Waals surface area contributed by atoms with Crippen molar-refractivity contribution in [2.75, 3.05) is 4.90 Å². The molecule has 0 radical (unpaired) electrons. The number of hydrogen-bond donors (Lipinski definition) is 0. The minimum Gasteiger partial charge on any atom is -0.357 e. The predicted octanol–water partition coefficient (Wildman–Crippen LogP) is 3.64. The van der Waals surface area contributed by atoms with Crippen molar-refractivity contribution in [1.82, 2.24) is 0 Å². The molecule has 1 saturated heterocycles. The second-order valence-electron chi connectivity index (χ2n) is 4.34. The van der Waals surface area contributed by atoms with Crippen LogP contribution in [-0.2, 0) is 0 Å². The largest absolute Gasteiger partial charge is 0.357 e. The Bertz CT molecular complexity index is 418. The number of para-hydroxylation sites is 1. The molecular formula is C15H15N. The van der Waals surface area contributed by atoms with Crippen LogP contribution in [-0.4, -0.2) is 6.04 Å². The average molecular weight is 209 g/mol. The maximum Gasteiger partial charge on any atom is 0.0747 e. The van der Waals surface area contributed by atoms with Gasteiger partial charge in [0, 0.05) is 5.69 Å². The van der Waals surface area contributed by atoms with E-state index in [0.29, 0.717) is 12.1 Å². The summed E-state index contributed by atoms with van der Waals surface area (Å²) >= 11 is 0. The van der Waals surface area contributed by atoms with Crippen molar-refractivity contribution in [3.63, 3.8) is 0 Å². The molecule has 1 heteroatoms. The zero-order valence-corrected chi connectivity index (χ0v) is 9.38. The van der Waals surface area contributed by atoms with E-state index < -0.39 is 0 Å². The summed E-state index contributed by atoms with van der Waals surface area (Å²) in [5.74, 6) is 0. The van der Waals surface area contributed by atoms with Crippen molar-refractivity contribution in [2.45, 2.75) is 19.0 Å². The van der Waals surface area contributed by atoms with Crippen molar-refractivity contribution in [3.05, 3.63) is 66.2 Å². The second kappa shape index (κ2) is 3.67. The summed E-state index contributed by atoms with van der Waals surface area (Å²) in [6.45, 7) is 2.28. The Kier molecular flexibility index (Phi) is 2.17. The Morgan fingerprint density at radius 3 is 2.00 bits per heavy atom. The fourth-order valence-electron chi connectivity index (χ4n) is 2.43. The van der Waals surface area contributed by atoms with Gasteiger partial charge >= 0.3 is 0 Å². The van der Waals surface area contributed by atoms with Gasteiger partial charge in [-0.2, -0.15) is 0 Å². The second-order valence-corrected chi connectivity index (χ2v) is 4.34. The molecule has 1 aliphatic heterocycles. The molecule has 2 atom stereocenters. The van der Waals surface area contributed by atoms with Gasteiger partial charge in [-0.1, -0.05) is 48.5 Å². The van der Waals surface area contributed by atoms with E-state index in [1.807, 2.05) is 0 Å². The van der Waals surface area contributed by atoms with Crippen LogP contribution in [0.5, 0.6) is 0 Å². The summed E-state index contributed by atoms with van der Waals surface area (Å²) < 4.78 is 0. The first-order chi connectivity index (χ1) is 7.88. The Labute approximate surface area is 96.3 Å². The maximum absolute atomic E-state index is 2.45. The van der Waals surface area contributed by atoms with Gasteiger partial charge in [0.1, 0.15) is 0 Å². The molecule has 0 amide bonds. The topological polar surface area (TPSA) is 3.01 Å². The number of benzene rings is 2. The number of rotatable bonds is 2. The first-order valence-electron chi connectivity index (χ1n) is 5.76. The highest BCUT2D eigenvalue weighted by Crippen LogP contribution is 2.46. The van der Waals surface area contributed by atoms with Crippen LogP contribution >= 0.6 is 0 Å². The van der Waals surface area contributed by atoms with Crippen molar-refractivity contribution in [3.8, 4) is 0 Å². The number of hydrogen-bond acceptors (Lipinski definition) is 1. The molecule has 0 bridgehead atoms. The van der Waals surface area contributed by atoms with E-state index in [-0.39, 0.29) is 0 Å². The van der Waals surface area contributed by atoms with Gasteiger partial charge in [-0.05, 0) is 24.6 Å². The highest BCUT2D eigenvalue weighted by atomic mass is 15.3. The van der Waals surface area contributed by atoms with Gasteiger partial charge in [0.05, 0.1) is 12.1 Å². The molecule has 2 unspecified atom stereocenters. The molecule has 0 saturated carbocycles. The van der Waals surface area contributed by atoms with Gasteiger partial charge in [-0.15, -0.1) is 0 Å². The van der Waals surface area contributed by atoms with Gasteiger partial charge in [0.25, 0.3) is 0 Å². The summed E-state index contributed by atoms with van der Waals surface area (Å²) in [6.07, 6.45) is 0. The molecule has 1 fully saturated rings. The molecule has 0 N–H and O–H groups in total. The van der Waals surface area contributed by atoms with Crippen LogP contribution in [0, 0.1) is 0 Å². The molecule has 16 heavy (non-hydrogen) atoms. The summed E-state index contributed by atoms with van der Waals surface area (Å²) in [7, 11) is 0. The first-order valence-corrected chi connectivity index (χ1v) is 5.76. The summed E-state index contributed by atoms with van der Waals surface area (Å²) in [4.78, 5) is 2.45. The lowest BCUT2D eigenvalue weighted by molar-refractivity contribution is 1.04. The quantitative estimate of drug-likeness (QED) is 0.682. The SMILES string of the molecule is CC1C(c2ccccc2)N1c1ccccc1. The molecule has 2 aromatic carbocycles. The Hall–Kier alpha value is -1.76. The molecule has 1 nitrogen and oxygen atoms in total. The van der Waals surface area contributed by atoms with Crippen molar-refractivity contribution in [1.29, 1.82) is 0 Å². The van der Waals surface area contributed by atoms with Crippen LogP contribution in [0.4, 0.5) is 5.69 Å². The van der Waals surface area contributed by atoms with Gasteiger partial charge in [-0.3, -0.25) is 0 Å². The van der Waals surface area contributed by atoms with Gasteiger partial charge in [0.2, 0.25) is 0 Å². The Morgan fingerprint density at radius 2 is 1.38 bits per heavy atom. The van der Waals surface area contributed by atoms with Crippen LogP contribution in [0.2, 0.25) is 0 Å².